The highest BCUT2D eigenvalue weighted by Crippen LogP contribution is 2.16. The number of ether oxygens (including phenoxy) is 3. The third kappa shape index (κ3) is 51.0. The van der Waals surface area contributed by atoms with Crippen LogP contribution in [0.2, 0.25) is 0 Å². The van der Waals surface area contributed by atoms with E-state index in [4.69, 9.17) is 14.2 Å². The third-order valence-electron chi connectivity index (χ3n) is 12.5. The molecule has 0 spiro atoms. The molecule has 62 heavy (non-hydrogen) atoms. The highest BCUT2D eigenvalue weighted by atomic mass is 16.6. The topological polar surface area (TPSA) is 61.8 Å². The molecule has 0 amide bonds. The second-order valence-electron chi connectivity index (χ2n) is 18.8. The van der Waals surface area contributed by atoms with Crippen LogP contribution in [0.4, 0.5) is 0 Å². The van der Waals surface area contributed by atoms with Crippen molar-refractivity contribution in [3.8, 4) is 0 Å². The number of rotatable bonds is 52. The Morgan fingerprint density at radius 3 is 0.855 bits per heavy atom. The number of carbonyl (C=O) groups is 2. The standard InChI is InChI=1S/C57H108O5/c1-4-7-10-13-16-19-22-25-28-31-34-37-40-43-46-49-52-60-55(53-61-56(58)50-47-44-41-38-35-32-29-26-23-20-17-14-11-8-5-2)54-62-57(59)51-48-45-42-39-36-33-30-27-24-21-18-15-12-9-6-3/h26-27,29-30,55H,4-25,28,31-54H2,1-3H3/b29-26-,30-27-. The van der Waals surface area contributed by atoms with Crippen LogP contribution in [0.3, 0.4) is 0 Å². The molecule has 0 saturated carbocycles. The minimum Gasteiger partial charge on any atom is -0.463 e. The molecule has 0 fully saturated rings. The molecule has 0 aliphatic carbocycles. The smallest absolute Gasteiger partial charge is 0.305 e. The van der Waals surface area contributed by atoms with Crippen molar-refractivity contribution in [3.63, 3.8) is 0 Å². The molecule has 0 rings (SSSR count). The van der Waals surface area contributed by atoms with E-state index in [0.717, 1.165) is 51.4 Å². The molecule has 0 atom stereocenters. The molecule has 0 radical (unpaired) electrons. The predicted octanol–water partition coefficient (Wildman–Crippen LogP) is 18.8. The first kappa shape index (κ1) is 60.4. The fraction of sp³-hybridized carbons (Fsp3) is 0.895. The van der Waals surface area contributed by atoms with E-state index in [1.807, 2.05) is 0 Å². The molecule has 0 unspecified atom stereocenters. The number of hydrogen-bond acceptors (Lipinski definition) is 5. The first-order valence-electron chi connectivity index (χ1n) is 27.9. The van der Waals surface area contributed by atoms with Crippen molar-refractivity contribution >= 4 is 11.9 Å². The summed E-state index contributed by atoms with van der Waals surface area (Å²) >= 11 is 0. The van der Waals surface area contributed by atoms with Crippen LogP contribution in [0.25, 0.3) is 0 Å². The number of carbonyl (C=O) groups excluding carboxylic acids is 2. The Kier molecular flexibility index (Phi) is 52.3. The predicted molar refractivity (Wildman–Crippen MR) is 270 cm³/mol. The molecule has 0 saturated heterocycles. The van der Waals surface area contributed by atoms with Gasteiger partial charge in [-0.3, -0.25) is 9.59 Å². The zero-order valence-electron chi connectivity index (χ0n) is 42.2. The Labute approximate surface area is 387 Å². The summed E-state index contributed by atoms with van der Waals surface area (Å²) in [4.78, 5) is 25.2. The van der Waals surface area contributed by atoms with Crippen molar-refractivity contribution in [1.82, 2.24) is 0 Å². The lowest BCUT2D eigenvalue weighted by atomic mass is 10.0. The summed E-state index contributed by atoms with van der Waals surface area (Å²) in [6.45, 7) is 7.76. The van der Waals surface area contributed by atoms with Gasteiger partial charge in [-0.15, -0.1) is 0 Å². The lowest BCUT2D eigenvalue weighted by molar-refractivity contribution is -0.155. The molecule has 0 bridgehead atoms. The van der Waals surface area contributed by atoms with E-state index in [1.54, 1.807) is 0 Å². The van der Waals surface area contributed by atoms with E-state index in [-0.39, 0.29) is 25.2 Å². The molecule has 0 aromatic heterocycles. The zero-order chi connectivity index (χ0) is 44.9. The van der Waals surface area contributed by atoms with Gasteiger partial charge >= 0.3 is 11.9 Å². The van der Waals surface area contributed by atoms with Gasteiger partial charge in [-0.25, -0.2) is 0 Å². The Morgan fingerprint density at radius 2 is 0.565 bits per heavy atom. The molecule has 5 heteroatoms. The van der Waals surface area contributed by atoms with Crippen molar-refractivity contribution < 1.29 is 23.8 Å². The quantitative estimate of drug-likeness (QED) is 0.0346. The highest BCUT2D eigenvalue weighted by Gasteiger charge is 2.16. The first-order chi connectivity index (χ1) is 30.6. The van der Waals surface area contributed by atoms with Crippen LogP contribution in [-0.4, -0.2) is 37.9 Å². The summed E-state index contributed by atoms with van der Waals surface area (Å²) in [6, 6.07) is 0. The van der Waals surface area contributed by atoms with Gasteiger partial charge in [0, 0.05) is 19.4 Å². The van der Waals surface area contributed by atoms with Crippen molar-refractivity contribution in [2.24, 2.45) is 0 Å². The van der Waals surface area contributed by atoms with Crippen LogP contribution < -0.4 is 0 Å². The van der Waals surface area contributed by atoms with Crippen LogP contribution in [-0.2, 0) is 23.8 Å². The molecular weight excluding hydrogens is 765 g/mol. The first-order valence-corrected chi connectivity index (χ1v) is 27.9. The maximum Gasteiger partial charge on any atom is 0.305 e. The Hall–Kier alpha value is -1.62. The Morgan fingerprint density at radius 1 is 0.323 bits per heavy atom. The molecule has 5 nitrogen and oxygen atoms in total. The van der Waals surface area contributed by atoms with E-state index >= 15 is 0 Å². The normalized spacial score (nSPS) is 11.8. The summed E-state index contributed by atoms with van der Waals surface area (Å²) in [6.07, 6.45) is 63.5. The molecule has 0 N–H and O–H groups in total. The lowest BCUT2D eigenvalue weighted by Gasteiger charge is -2.18. The minimum absolute atomic E-state index is 0.156. The van der Waals surface area contributed by atoms with Gasteiger partial charge in [0.2, 0.25) is 0 Å². The van der Waals surface area contributed by atoms with Crippen LogP contribution in [0, 0.1) is 0 Å². The Bertz CT molecular complexity index is 887. The monoisotopic (exact) mass is 873 g/mol. The largest absolute Gasteiger partial charge is 0.463 e. The maximum absolute atomic E-state index is 12.6. The average Bonchev–Trinajstić information content (AvgIpc) is 3.28. The van der Waals surface area contributed by atoms with Crippen molar-refractivity contribution in [2.75, 3.05) is 19.8 Å². The van der Waals surface area contributed by atoms with Crippen molar-refractivity contribution in [3.05, 3.63) is 24.3 Å². The van der Waals surface area contributed by atoms with E-state index in [9.17, 15) is 9.59 Å². The van der Waals surface area contributed by atoms with Crippen LogP contribution >= 0.6 is 0 Å². The van der Waals surface area contributed by atoms with Crippen LogP contribution in [0.1, 0.15) is 303 Å². The molecular formula is C57H108O5. The number of unbranched alkanes of at least 4 members (excludes halogenated alkanes) is 37. The average molecular weight is 873 g/mol. The fourth-order valence-electron chi connectivity index (χ4n) is 8.24. The number of allylic oxidation sites excluding steroid dienone is 4. The molecule has 0 aromatic carbocycles. The van der Waals surface area contributed by atoms with Crippen LogP contribution in [0.5, 0.6) is 0 Å². The van der Waals surface area contributed by atoms with E-state index in [2.05, 4.69) is 45.1 Å². The minimum atomic E-state index is -0.400. The van der Waals surface area contributed by atoms with Gasteiger partial charge in [-0.2, -0.15) is 0 Å². The van der Waals surface area contributed by atoms with Gasteiger partial charge in [-0.05, 0) is 70.6 Å². The summed E-state index contributed by atoms with van der Waals surface area (Å²) in [5.41, 5.74) is 0. The van der Waals surface area contributed by atoms with Gasteiger partial charge in [0.15, 0.2) is 0 Å². The molecule has 0 heterocycles. The highest BCUT2D eigenvalue weighted by molar-refractivity contribution is 5.69. The van der Waals surface area contributed by atoms with E-state index in [1.165, 1.54) is 218 Å². The summed E-state index contributed by atoms with van der Waals surface area (Å²) in [7, 11) is 0. The second-order valence-corrected chi connectivity index (χ2v) is 18.8. The van der Waals surface area contributed by atoms with Gasteiger partial charge in [0.05, 0.1) is 0 Å². The van der Waals surface area contributed by atoms with Gasteiger partial charge < -0.3 is 14.2 Å². The third-order valence-corrected chi connectivity index (χ3v) is 12.5. The molecule has 0 aromatic rings. The molecule has 0 aliphatic heterocycles. The van der Waals surface area contributed by atoms with E-state index < -0.39 is 6.10 Å². The van der Waals surface area contributed by atoms with Gasteiger partial charge in [0.1, 0.15) is 19.3 Å². The maximum atomic E-state index is 12.6. The SMILES string of the molecule is CCCCCCCC/C=C\CCCCCCCC(=O)OCC(COC(=O)CCCCCCC/C=C\CCCCCCCC)OCCCCCCCCCCCCCCCCCC. The van der Waals surface area contributed by atoms with Gasteiger partial charge in [0.25, 0.3) is 0 Å². The van der Waals surface area contributed by atoms with Crippen LogP contribution in [0.15, 0.2) is 24.3 Å². The molecule has 366 valence electrons. The molecule has 0 aliphatic rings. The number of esters is 2. The Balaban J connectivity index is 4.24. The van der Waals surface area contributed by atoms with Crippen molar-refractivity contribution in [1.29, 1.82) is 0 Å². The summed E-state index contributed by atoms with van der Waals surface area (Å²) < 4.78 is 17.5. The van der Waals surface area contributed by atoms with E-state index in [0.29, 0.717) is 19.4 Å². The van der Waals surface area contributed by atoms with Gasteiger partial charge in [-0.1, -0.05) is 244 Å². The lowest BCUT2D eigenvalue weighted by Crippen LogP contribution is -2.29. The van der Waals surface area contributed by atoms with Crippen molar-refractivity contribution in [2.45, 2.75) is 309 Å². The number of hydrogen-bond donors (Lipinski definition) is 0. The summed E-state index contributed by atoms with van der Waals surface area (Å²) in [5.74, 6) is -0.337. The zero-order valence-corrected chi connectivity index (χ0v) is 42.2. The summed E-state index contributed by atoms with van der Waals surface area (Å²) in [5, 5.41) is 0. The fourth-order valence-corrected chi connectivity index (χ4v) is 8.24. The second kappa shape index (κ2) is 53.7.